The lowest BCUT2D eigenvalue weighted by molar-refractivity contribution is -0.141. The van der Waals surface area contributed by atoms with Gasteiger partial charge in [-0.25, -0.2) is 9.59 Å². The Hall–Kier alpha value is -2.28. The summed E-state index contributed by atoms with van der Waals surface area (Å²) in [6, 6.07) is 4.79. The van der Waals surface area contributed by atoms with Gasteiger partial charge in [0.25, 0.3) is 0 Å². The second kappa shape index (κ2) is 7.49. The molecule has 0 aromatic heterocycles. The quantitative estimate of drug-likeness (QED) is 0.623. The number of carboxylic acid groups (broad SMARTS) is 1. The molecular weight excluding hydrogens is 276 g/mol. The van der Waals surface area contributed by atoms with Crippen LogP contribution in [0.3, 0.4) is 0 Å². The van der Waals surface area contributed by atoms with Gasteiger partial charge in [0.2, 0.25) is 0 Å². The number of amides is 2. The highest BCUT2D eigenvalue weighted by atomic mass is 16.5. The summed E-state index contributed by atoms with van der Waals surface area (Å²) in [5, 5.41) is 23.0. The third-order valence-electron chi connectivity index (χ3n) is 3.00. The number of hydrogen-bond acceptors (Lipinski definition) is 4. The lowest BCUT2D eigenvalue weighted by Gasteiger charge is -2.20. The number of ether oxygens (including phenoxy) is 1. The first-order valence-corrected chi connectivity index (χ1v) is 6.47. The molecule has 0 spiro atoms. The van der Waals surface area contributed by atoms with E-state index in [1.165, 1.54) is 6.92 Å². The molecule has 0 radical (unpaired) electrons. The lowest BCUT2D eigenvalue weighted by Crippen LogP contribution is -2.51. The molecule has 1 rings (SSSR count). The van der Waals surface area contributed by atoms with Crippen LogP contribution in [0.1, 0.15) is 25.5 Å². The second-order valence-electron chi connectivity index (χ2n) is 4.67. The summed E-state index contributed by atoms with van der Waals surface area (Å²) in [5.74, 6) is -0.590. The number of carbonyl (C=O) groups is 2. The van der Waals surface area contributed by atoms with E-state index in [9.17, 15) is 14.7 Å². The number of benzene rings is 1. The van der Waals surface area contributed by atoms with Crippen molar-refractivity contribution in [3.63, 3.8) is 0 Å². The molecule has 3 unspecified atom stereocenters. The molecule has 21 heavy (non-hydrogen) atoms. The predicted molar refractivity (Wildman–Crippen MR) is 76.2 cm³/mol. The number of carbonyl (C=O) groups excluding carboxylic acids is 1. The minimum Gasteiger partial charge on any atom is -0.497 e. The molecule has 0 aliphatic carbocycles. The molecule has 0 aliphatic rings. The van der Waals surface area contributed by atoms with Crippen LogP contribution in [0, 0.1) is 0 Å². The molecule has 0 heterocycles. The Bertz CT molecular complexity index is 487. The Morgan fingerprint density at radius 1 is 1.14 bits per heavy atom. The fourth-order valence-electron chi connectivity index (χ4n) is 1.74. The van der Waals surface area contributed by atoms with Crippen molar-refractivity contribution in [3.05, 3.63) is 29.8 Å². The van der Waals surface area contributed by atoms with Crippen molar-refractivity contribution < 1.29 is 24.5 Å². The highest BCUT2D eigenvalue weighted by Gasteiger charge is 2.25. The molecule has 0 saturated heterocycles. The predicted octanol–water partition coefficient (Wildman–Crippen LogP) is 0.889. The van der Waals surface area contributed by atoms with Crippen molar-refractivity contribution in [2.75, 3.05) is 7.11 Å². The van der Waals surface area contributed by atoms with E-state index in [2.05, 4.69) is 10.6 Å². The molecule has 0 saturated carbocycles. The van der Waals surface area contributed by atoms with Crippen LogP contribution >= 0.6 is 0 Å². The van der Waals surface area contributed by atoms with Gasteiger partial charge in [0.15, 0.2) is 6.04 Å². The number of aliphatic hydroxyl groups excluding tert-OH is 1. The van der Waals surface area contributed by atoms with E-state index in [-0.39, 0.29) is 6.04 Å². The van der Waals surface area contributed by atoms with Gasteiger partial charge in [-0.3, -0.25) is 0 Å². The van der Waals surface area contributed by atoms with Gasteiger partial charge in [-0.05, 0) is 31.5 Å². The highest BCUT2D eigenvalue weighted by Crippen LogP contribution is 2.17. The van der Waals surface area contributed by atoms with E-state index < -0.39 is 24.1 Å². The van der Waals surface area contributed by atoms with Crippen LogP contribution < -0.4 is 15.4 Å². The second-order valence-corrected chi connectivity index (χ2v) is 4.67. The largest absolute Gasteiger partial charge is 0.497 e. The van der Waals surface area contributed by atoms with Crippen molar-refractivity contribution >= 4 is 12.0 Å². The third kappa shape index (κ3) is 4.96. The number of aliphatic hydroxyl groups is 1. The van der Waals surface area contributed by atoms with Gasteiger partial charge in [0.1, 0.15) is 5.75 Å². The van der Waals surface area contributed by atoms with E-state index in [1.54, 1.807) is 38.3 Å². The van der Waals surface area contributed by atoms with Gasteiger partial charge in [-0.15, -0.1) is 0 Å². The zero-order chi connectivity index (χ0) is 16.0. The van der Waals surface area contributed by atoms with Crippen molar-refractivity contribution in [1.82, 2.24) is 10.6 Å². The zero-order valence-electron chi connectivity index (χ0n) is 12.2. The normalized spacial score (nSPS) is 14.7. The van der Waals surface area contributed by atoms with Gasteiger partial charge < -0.3 is 25.6 Å². The Balaban J connectivity index is 2.62. The van der Waals surface area contributed by atoms with Crippen LogP contribution in [0.15, 0.2) is 24.3 Å². The minimum absolute atomic E-state index is 0.320. The summed E-state index contributed by atoms with van der Waals surface area (Å²) in [4.78, 5) is 22.6. The average Bonchev–Trinajstić information content (AvgIpc) is 2.44. The van der Waals surface area contributed by atoms with E-state index in [0.717, 1.165) is 5.56 Å². The number of hydrogen-bond donors (Lipinski definition) is 4. The fraction of sp³-hybridized carbons (Fsp3) is 0.429. The first-order valence-electron chi connectivity index (χ1n) is 6.47. The number of carboxylic acids is 1. The topological polar surface area (TPSA) is 108 Å². The Labute approximate surface area is 122 Å². The zero-order valence-corrected chi connectivity index (χ0v) is 12.2. The third-order valence-corrected chi connectivity index (χ3v) is 3.00. The summed E-state index contributed by atoms with van der Waals surface area (Å²) in [6.07, 6.45) is -1.19. The van der Waals surface area contributed by atoms with Crippen molar-refractivity contribution in [2.24, 2.45) is 0 Å². The van der Waals surface area contributed by atoms with Crippen LogP contribution in [0.4, 0.5) is 4.79 Å². The number of nitrogens with one attached hydrogen (secondary N) is 2. The molecule has 7 nitrogen and oxygen atoms in total. The maximum Gasteiger partial charge on any atom is 0.328 e. The first-order chi connectivity index (χ1) is 9.85. The molecule has 1 aromatic carbocycles. The minimum atomic E-state index is -1.35. The van der Waals surface area contributed by atoms with Crippen molar-refractivity contribution in [3.8, 4) is 5.75 Å². The van der Waals surface area contributed by atoms with Crippen LogP contribution in [0.2, 0.25) is 0 Å². The smallest absolute Gasteiger partial charge is 0.328 e. The molecule has 116 valence electrons. The lowest BCUT2D eigenvalue weighted by atomic mass is 10.1. The van der Waals surface area contributed by atoms with Crippen LogP contribution in [-0.4, -0.2) is 41.5 Å². The Morgan fingerprint density at radius 3 is 2.14 bits per heavy atom. The van der Waals surface area contributed by atoms with Gasteiger partial charge in [-0.1, -0.05) is 12.1 Å². The number of methoxy groups -OCH3 is 1. The summed E-state index contributed by atoms with van der Waals surface area (Å²) in [6.45, 7) is 3.06. The number of rotatable bonds is 6. The molecule has 0 fully saturated rings. The number of aliphatic carboxylic acids is 1. The molecule has 3 atom stereocenters. The van der Waals surface area contributed by atoms with E-state index in [4.69, 9.17) is 9.84 Å². The highest BCUT2D eigenvalue weighted by molar-refractivity contribution is 5.83. The maximum atomic E-state index is 11.7. The van der Waals surface area contributed by atoms with Gasteiger partial charge >= 0.3 is 12.0 Å². The summed E-state index contributed by atoms with van der Waals surface area (Å²) >= 11 is 0. The Kier molecular flexibility index (Phi) is 5.98. The monoisotopic (exact) mass is 296 g/mol. The van der Waals surface area contributed by atoms with Crippen molar-refractivity contribution in [1.29, 1.82) is 0 Å². The molecule has 0 bridgehead atoms. The Morgan fingerprint density at radius 2 is 1.71 bits per heavy atom. The SMILES string of the molecule is COc1ccc(C(C)NC(=O)NC(C(=O)O)C(C)O)cc1. The summed E-state index contributed by atoms with van der Waals surface area (Å²) in [7, 11) is 1.56. The molecule has 0 aliphatic heterocycles. The summed E-state index contributed by atoms with van der Waals surface area (Å²) < 4.78 is 5.04. The van der Waals surface area contributed by atoms with Gasteiger partial charge in [0.05, 0.1) is 19.3 Å². The molecule has 2 amide bonds. The standard InChI is InChI=1S/C14H20N2O5/c1-8(10-4-6-11(21-3)7-5-10)15-14(20)16-12(9(2)17)13(18)19/h4-9,12,17H,1-3H3,(H,18,19)(H2,15,16,20). The van der Waals surface area contributed by atoms with Crippen LogP contribution in [0.25, 0.3) is 0 Å². The van der Waals surface area contributed by atoms with E-state index >= 15 is 0 Å². The van der Waals surface area contributed by atoms with Gasteiger partial charge in [0, 0.05) is 0 Å². The molecule has 7 heteroatoms. The average molecular weight is 296 g/mol. The fourth-order valence-corrected chi connectivity index (χ4v) is 1.74. The van der Waals surface area contributed by atoms with Crippen molar-refractivity contribution in [2.45, 2.75) is 32.0 Å². The van der Waals surface area contributed by atoms with Gasteiger partial charge in [-0.2, -0.15) is 0 Å². The maximum absolute atomic E-state index is 11.7. The van der Waals surface area contributed by atoms with E-state index in [1.807, 2.05) is 0 Å². The first kappa shape index (κ1) is 16.8. The molecular formula is C14H20N2O5. The van der Waals surface area contributed by atoms with E-state index in [0.29, 0.717) is 5.75 Å². The molecule has 1 aromatic rings. The molecule has 4 N–H and O–H groups in total. The van der Waals surface area contributed by atoms with Crippen LogP contribution in [-0.2, 0) is 4.79 Å². The summed E-state index contributed by atoms with van der Waals surface area (Å²) in [5.41, 5.74) is 0.842. The number of urea groups is 1. The van der Waals surface area contributed by atoms with Crippen LogP contribution in [0.5, 0.6) is 5.75 Å².